The molecule has 0 N–H and O–H groups in total. The van der Waals surface area contributed by atoms with Crippen LogP contribution in [0, 0.1) is 12.8 Å². The van der Waals surface area contributed by atoms with Gasteiger partial charge < -0.3 is 0 Å². The van der Waals surface area contributed by atoms with Gasteiger partial charge in [0.05, 0.1) is 5.69 Å². The first-order valence-electron chi connectivity index (χ1n) is 6.80. The van der Waals surface area contributed by atoms with Crippen molar-refractivity contribution in [3.63, 3.8) is 0 Å². The van der Waals surface area contributed by atoms with Crippen molar-refractivity contribution < 1.29 is 0 Å². The molecule has 2 aromatic heterocycles. The summed E-state index contributed by atoms with van der Waals surface area (Å²) in [5.74, 6) is 1.42. The molecule has 5 heteroatoms. The molecule has 0 amide bonds. The highest BCUT2D eigenvalue weighted by molar-refractivity contribution is 5.05. The topological polar surface area (TPSA) is 56.5 Å². The maximum atomic E-state index is 4.20. The van der Waals surface area contributed by atoms with Gasteiger partial charge in [-0.1, -0.05) is 19.1 Å². The third-order valence-corrected chi connectivity index (χ3v) is 2.87. The summed E-state index contributed by atoms with van der Waals surface area (Å²) in [5.41, 5.74) is 2.24. The molecule has 0 saturated carbocycles. The Balaban J connectivity index is 1.79. The molecular weight excluding hydrogens is 238 g/mol. The van der Waals surface area contributed by atoms with Gasteiger partial charge in [-0.05, 0) is 37.7 Å². The number of nitrogens with zero attached hydrogens (tertiary/aromatic N) is 5. The van der Waals surface area contributed by atoms with Crippen LogP contribution in [0.2, 0.25) is 0 Å². The van der Waals surface area contributed by atoms with E-state index in [0.717, 1.165) is 37.3 Å². The molecule has 0 spiro atoms. The van der Waals surface area contributed by atoms with Gasteiger partial charge in [0.1, 0.15) is 5.82 Å². The molecule has 0 saturated heterocycles. The second kappa shape index (κ2) is 6.41. The summed E-state index contributed by atoms with van der Waals surface area (Å²) >= 11 is 0. The Morgan fingerprint density at radius 3 is 2.58 bits per heavy atom. The zero-order valence-electron chi connectivity index (χ0n) is 11.9. The van der Waals surface area contributed by atoms with Crippen molar-refractivity contribution in [2.45, 2.75) is 46.6 Å². The molecule has 102 valence electrons. The molecule has 0 fully saturated rings. The second-order valence-corrected chi connectivity index (χ2v) is 5.32. The SMILES string of the molecule is Cc1ncc(CCCc2cn(CC(C)C)nn2)cn1. The lowest BCUT2D eigenvalue weighted by Crippen LogP contribution is -2.04. The fraction of sp³-hybridized carbons (Fsp3) is 0.571. The molecule has 0 radical (unpaired) electrons. The minimum absolute atomic E-state index is 0.597. The van der Waals surface area contributed by atoms with E-state index in [2.05, 4.69) is 34.1 Å². The van der Waals surface area contributed by atoms with Gasteiger partial charge in [0, 0.05) is 25.1 Å². The van der Waals surface area contributed by atoms with E-state index in [9.17, 15) is 0 Å². The average molecular weight is 259 g/mol. The number of hydrogen-bond donors (Lipinski definition) is 0. The third-order valence-electron chi connectivity index (χ3n) is 2.87. The van der Waals surface area contributed by atoms with Gasteiger partial charge in [0.25, 0.3) is 0 Å². The summed E-state index contributed by atoms with van der Waals surface area (Å²) < 4.78 is 1.93. The molecule has 0 aliphatic rings. The number of aromatic nitrogens is 5. The van der Waals surface area contributed by atoms with Crippen molar-refractivity contribution in [3.05, 3.63) is 35.7 Å². The summed E-state index contributed by atoms with van der Waals surface area (Å²) in [7, 11) is 0. The summed E-state index contributed by atoms with van der Waals surface area (Å²) in [4.78, 5) is 8.40. The normalized spacial score (nSPS) is 11.2. The van der Waals surface area contributed by atoms with Crippen LogP contribution in [0.25, 0.3) is 0 Å². The first-order chi connectivity index (χ1) is 9.13. The number of aryl methyl sites for hydroxylation is 3. The lowest BCUT2D eigenvalue weighted by atomic mass is 10.1. The zero-order chi connectivity index (χ0) is 13.7. The lowest BCUT2D eigenvalue weighted by Gasteiger charge is -2.02. The summed E-state index contributed by atoms with van der Waals surface area (Å²) in [6, 6.07) is 0. The largest absolute Gasteiger partial charge is 0.252 e. The fourth-order valence-corrected chi connectivity index (χ4v) is 1.94. The Morgan fingerprint density at radius 2 is 1.89 bits per heavy atom. The van der Waals surface area contributed by atoms with Gasteiger partial charge in [-0.3, -0.25) is 4.68 Å². The molecule has 2 aromatic rings. The maximum absolute atomic E-state index is 4.20. The van der Waals surface area contributed by atoms with E-state index in [1.165, 1.54) is 5.56 Å². The van der Waals surface area contributed by atoms with Crippen molar-refractivity contribution in [2.24, 2.45) is 5.92 Å². The highest BCUT2D eigenvalue weighted by Crippen LogP contribution is 2.06. The Hall–Kier alpha value is -1.78. The minimum Gasteiger partial charge on any atom is -0.252 e. The van der Waals surface area contributed by atoms with E-state index in [-0.39, 0.29) is 0 Å². The van der Waals surface area contributed by atoms with E-state index < -0.39 is 0 Å². The van der Waals surface area contributed by atoms with Crippen LogP contribution in [0.4, 0.5) is 0 Å². The Bertz CT molecular complexity index is 501. The molecule has 0 aliphatic heterocycles. The van der Waals surface area contributed by atoms with Crippen molar-refractivity contribution in [1.29, 1.82) is 0 Å². The lowest BCUT2D eigenvalue weighted by molar-refractivity contribution is 0.472. The summed E-state index contributed by atoms with van der Waals surface area (Å²) in [6.07, 6.45) is 8.83. The van der Waals surface area contributed by atoms with E-state index in [1.807, 2.05) is 30.2 Å². The zero-order valence-corrected chi connectivity index (χ0v) is 11.9. The van der Waals surface area contributed by atoms with Gasteiger partial charge in [-0.2, -0.15) is 0 Å². The van der Waals surface area contributed by atoms with Gasteiger partial charge in [-0.15, -0.1) is 5.10 Å². The molecule has 2 heterocycles. The van der Waals surface area contributed by atoms with Crippen molar-refractivity contribution in [1.82, 2.24) is 25.0 Å². The van der Waals surface area contributed by atoms with Gasteiger partial charge >= 0.3 is 0 Å². The standard InChI is InChI=1S/C14H21N5/c1-11(2)9-19-10-14(17-18-19)6-4-5-13-7-15-12(3)16-8-13/h7-8,10-11H,4-6,9H2,1-3H3. The monoisotopic (exact) mass is 259 g/mol. The quantitative estimate of drug-likeness (QED) is 0.798. The fourth-order valence-electron chi connectivity index (χ4n) is 1.94. The predicted octanol–water partition coefficient (Wildman–Crippen LogP) is 2.21. The molecular formula is C14H21N5. The van der Waals surface area contributed by atoms with Crippen LogP contribution >= 0.6 is 0 Å². The first-order valence-corrected chi connectivity index (χ1v) is 6.80. The predicted molar refractivity (Wildman–Crippen MR) is 73.7 cm³/mol. The first kappa shape index (κ1) is 13.6. The van der Waals surface area contributed by atoms with Crippen LogP contribution in [-0.4, -0.2) is 25.0 Å². The highest BCUT2D eigenvalue weighted by atomic mass is 15.4. The molecule has 2 rings (SSSR count). The third kappa shape index (κ3) is 4.43. The smallest absolute Gasteiger partial charge is 0.125 e. The Morgan fingerprint density at radius 1 is 1.16 bits per heavy atom. The molecule has 0 bridgehead atoms. The molecule has 0 unspecified atom stereocenters. The van der Waals surface area contributed by atoms with E-state index >= 15 is 0 Å². The van der Waals surface area contributed by atoms with Crippen LogP contribution in [0.1, 0.15) is 37.4 Å². The second-order valence-electron chi connectivity index (χ2n) is 5.32. The molecule has 0 aliphatic carbocycles. The van der Waals surface area contributed by atoms with Crippen LogP contribution in [-0.2, 0) is 19.4 Å². The van der Waals surface area contributed by atoms with Crippen LogP contribution in [0.3, 0.4) is 0 Å². The van der Waals surface area contributed by atoms with E-state index in [0.29, 0.717) is 5.92 Å². The molecule has 0 atom stereocenters. The van der Waals surface area contributed by atoms with Crippen molar-refractivity contribution in [2.75, 3.05) is 0 Å². The maximum Gasteiger partial charge on any atom is 0.125 e. The van der Waals surface area contributed by atoms with E-state index in [1.54, 1.807) is 0 Å². The summed E-state index contributed by atoms with van der Waals surface area (Å²) in [6.45, 7) is 7.19. The number of hydrogen-bond acceptors (Lipinski definition) is 4. The van der Waals surface area contributed by atoms with E-state index in [4.69, 9.17) is 0 Å². The average Bonchev–Trinajstić information content (AvgIpc) is 2.78. The van der Waals surface area contributed by atoms with Crippen molar-refractivity contribution in [3.8, 4) is 0 Å². The molecule has 19 heavy (non-hydrogen) atoms. The van der Waals surface area contributed by atoms with Crippen LogP contribution in [0.15, 0.2) is 18.6 Å². The van der Waals surface area contributed by atoms with Crippen molar-refractivity contribution >= 4 is 0 Å². The minimum atomic E-state index is 0.597. The number of rotatable bonds is 6. The van der Waals surface area contributed by atoms with Gasteiger partial charge in [0.15, 0.2) is 0 Å². The highest BCUT2D eigenvalue weighted by Gasteiger charge is 2.03. The molecule has 5 nitrogen and oxygen atoms in total. The Kier molecular flexibility index (Phi) is 4.60. The Labute approximate surface area is 114 Å². The van der Waals surface area contributed by atoms with Gasteiger partial charge in [-0.25, -0.2) is 9.97 Å². The molecule has 0 aromatic carbocycles. The van der Waals surface area contributed by atoms with Crippen LogP contribution in [0.5, 0.6) is 0 Å². The van der Waals surface area contributed by atoms with Gasteiger partial charge in [0.2, 0.25) is 0 Å². The van der Waals surface area contributed by atoms with Crippen LogP contribution < -0.4 is 0 Å². The summed E-state index contributed by atoms with van der Waals surface area (Å²) in [5, 5.41) is 8.33.